The highest BCUT2D eigenvalue weighted by Gasteiger charge is 2.08. The molecule has 0 radical (unpaired) electrons. The molecule has 0 aliphatic heterocycles. The molecule has 0 fully saturated rings. The Morgan fingerprint density at radius 1 is 1.00 bits per heavy atom. The molecule has 0 saturated carbocycles. The van der Waals surface area contributed by atoms with Crippen molar-refractivity contribution in [2.24, 2.45) is 0 Å². The van der Waals surface area contributed by atoms with Gasteiger partial charge in [0.15, 0.2) is 0 Å². The number of rotatable bonds is 4. The van der Waals surface area contributed by atoms with Crippen molar-refractivity contribution in [2.45, 2.75) is 19.8 Å². The number of aryl methyl sites for hydroxylation is 1. The zero-order chi connectivity index (χ0) is 14.7. The van der Waals surface area contributed by atoms with E-state index in [1.54, 1.807) is 4.68 Å². The first-order chi connectivity index (χ1) is 10.3. The van der Waals surface area contributed by atoms with Crippen molar-refractivity contribution in [3.8, 4) is 16.9 Å². The summed E-state index contributed by atoms with van der Waals surface area (Å²) < 4.78 is 1.77. The van der Waals surface area contributed by atoms with Crippen LogP contribution in [0.2, 0.25) is 0 Å². The smallest absolute Gasteiger partial charge is 0.127 e. The Labute approximate surface area is 125 Å². The van der Waals surface area contributed by atoms with E-state index in [4.69, 9.17) is 5.73 Å². The molecule has 2 N–H and O–H groups in total. The molecule has 21 heavy (non-hydrogen) atoms. The highest BCUT2D eigenvalue weighted by atomic mass is 15.3. The molecule has 106 valence electrons. The van der Waals surface area contributed by atoms with Gasteiger partial charge in [-0.3, -0.25) is 0 Å². The van der Waals surface area contributed by atoms with Crippen LogP contribution in [0.1, 0.15) is 18.9 Å². The molecule has 1 heterocycles. The van der Waals surface area contributed by atoms with Gasteiger partial charge in [0, 0.05) is 11.6 Å². The normalized spacial score (nSPS) is 10.7. The van der Waals surface area contributed by atoms with E-state index in [0.29, 0.717) is 5.82 Å². The van der Waals surface area contributed by atoms with Crippen LogP contribution in [0.5, 0.6) is 0 Å². The van der Waals surface area contributed by atoms with E-state index in [0.717, 1.165) is 29.8 Å². The quantitative estimate of drug-likeness (QED) is 0.781. The van der Waals surface area contributed by atoms with Crippen LogP contribution in [0.4, 0.5) is 5.82 Å². The highest BCUT2D eigenvalue weighted by molar-refractivity contribution is 5.64. The van der Waals surface area contributed by atoms with Crippen LogP contribution in [-0.4, -0.2) is 9.78 Å². The Morgan fingerprint density at radius 3 is 2.38 bits per heavy atom. The SMILES string of the molecule is CCCc1ccc(-c2cc(N)n(-c3ccccc3)n2)cc1. The third-order valence-corrected chi connectivity index (χ3v) is 3.53. The van der Waals surface area contributed by atoms with E-state index >= 15 is 0 Å². The van der Waals surface area contributed by atoms with Gasteiger partial charge in [0.05, 0.1) is 11.4 Å². The van der Waals surface area contributed by atoms with Crippen molar-refractivity contribution in [1.29, 1.82) is 0 Å². The molecule has 0 aliphatic rings. The fourth-order valence-corrected chi connectivity index (χ4v) is 2.44. The number of nitrogens with zero attached hydrogens (tertiary/aromatic N) is 2. The Morgan fingerprint density at radius 2 is 1.71 bits per heavy atom. The Balaban J connectivity index is 1.93. The van der Waals surface area contributed by atoms with Gasteiger partial charge in [-0.05, 0) is 24.1 Å². The molecule has 0 spiro atoms. The molecule has 0 atom stereocenters. The van der Waals surface area contributed by atoms with Crippen LogP contribution in [0.15, 0.2) is 60.7 Å². The van der Waals surface area contributed by atoms with E-state index < -0.39 is 0 Å². The van der Waals surface area contributed by atoms with Crippen molar-refractivity contribution >= 4 is 5.82 Å². The molecule has 3 aromatic rings. The molecule has 0 saturated heterocycles. The Hall–Kier alpha value is -2.55. The summed E-state index contributed by atoms with van der Waals surface area (Å²) in [4.78, 5) is 0. The molecule has 0 aliphatic carbocycles. The first-order valence-electron chi connectivity index (χ1n) is 7.28. The summed E-state index contributed by atoms with van der Waals surface area (Å²) in [6, 6.07) is 20.4. The lowest BCUT2D eigenvalue weighted by molar-refractivity contribution is 0.894. The van der Waals surface area contributed by atoms with Gasteiger partial charge in [0.2, 0.25) is 0 Å². The van der Waals surface area contributed by atoms with Gasteiger partial charge >= 0.3 is 0 Å². The van der Waals surface area contributed by atoms with Crippen molar-refractivity contribution in [3.05, 3.63) is 66.2 Å². The lowest BCUT2D eigenvalue weighted by Crippen LogP contribution is -2.01. The van der Waals surface area contributed by atoms with Crippen LogP contribution in [0.3, 0.4) is 0 Å². The summed E-state index contributed by atoms with van der Waals surface area (Å²) in [5.74, 6) is 0.647. The van der Waals surface area contributed by atoms with Crippen molar-refractivity contribution in [2.75, 3.05) is 5.73 Å². The average Bonchev–Trinajstić information content (AvgIpc) is 2.91. The maximum Gasteiger partial charge on any atom is 0.127 e. The standard InChI is InChI=1S/C18H19N3/c1-2-6-14-9-11-15(12-10-14)17-13-18(19)21(20-17)16-7-4-3-5-8-16/h3-5,7-13H,2,6,19H2,1H3. The van der Waals surface area contributed by atoms with E-state index in [1.165, 1.54) is 5.56 Å². The molecule has 2 aromatic carbocycles. The second-order valence-corrected chi connectivity index (χ2v) is 5.15. The minimum absolute atomic E-state index is 0.647. The molecule has 3 heteroatoms. The molecule has 0 bridgehead atoms. The van der Waals surface area contributed by atoms with Crippen LogP contribution >= 0.6 is 0 Å². The maximum absolute atomic E-state index is 6.09. The van der Waals surface area contributed by atoms with Gasteiger partial charge in [0.25, 0.3) is 0 Å². The Bertz CT molecular complexity index is 712. The van der Waals surface area contributed by atoms with Gasteiger partial charge in [-0.1, -0.05) is 55.8 Å². The maximum atomic E-state index is 6.09. The van der Waals surface area contributed by atoms with Gasteiger partial charge in [-0.15, -0.1) is 0 Å². The fraction of sp³-hybridized carbons (Fsp3) is 0.167. The van der Waals surface area contributed by atoms with Crippen LogP contribution in [0, 0.1) is 0 Å². The number of anilines is 1. The molecular weight excluding hydrogens is 258 g/mol. The summed E-state index contributed by atoms with van der Waals surface area (Å²) in [6.07, 6.45) is 2.27. The third-order valence-electron chi connectivity index (χ3n) is 3.53. The number of benzene rings is 2. The number of para-hydroxylation sites is 1. The van der Waals surface area contributed by atoms with E-state index in [9.17, 15) is 0 Å². The topological polar surface area (TPSA) is 43.8 Å². The zero-order valence-electron chi connectivity index (χ0n) is 12.2. The molecule has 0 amide bonds. The van der Waals surface area contributed by atoms with Crippen LogP contribution in [-0.2, 0) is 6.42 Å². The van der Waals surface area contributed by atoms with Crippen molar-refractivity contribution in [3.63, 3.8) is 0 Å². The number of nitrogen functional groups attached to an aromatic ring is 1. The molecule has 3 nitrogen and oxygen atoms in total. The predicted molar refractivity (Wildman–Crippen MR) is 87.4 cm³/mol. The minimum atomic E-state index is 0.647. The van der Waals surface area contributed by atoms with Gasteiger partial charge in [-0.25, -0.2) is 4.68 Å². The second-order valence-electron chi connectivity index (χ2n) is 5.15. The van der Waals surface area contributed by atoms with E-state index in [1.807, 2.05) is 36.4 Å². The van der Waals surface area contributed by atoms with Gasteiger partial charge < -0.3 is 5.73 Å². The summed E-state index contributed by atoms with van der Waals surface area (Å²) in [5.41, 5.74) is 10.4. The summed E-state index contributed by atoms with van der Waals surface area (Å²) >= 11 is 0. The molecule has 0 unspecified atom stereocenters. The third kappa shape index (κ3) is 2.82. The highest BCUT2D eigenvalue weighted by Crippen LogP contribution is 2.23. The molecular formula is C18H19N3. The summed E-state index contributed by atoms with van der Waals surface area (Å²) in [5, 5.41) is 4.62. The predicted octanol–water partition coefficient (Wildman–Crippen LogP) is 4.07. The fourth-order valence-electron chi connectivity index (χ4n) is 2.44. The number of aromatic nitrogens is 2. The first-order valence-corrected chi connectivity index (χ1v) is 7.28. The zero-order valence-corrected chi connectivity index (χ0v) is 12.2. The van der Waals surface area contributed by atoms with E-state index in [-0.39, 0.29) is 0 Å². The lowest BCUT2D eigenvalue weighted by atomic mass is 10.1. The monoisotopic (exact) mass is 277 g/mol. The Kier molecular flexibility index (Phi) is 3.73. The van der Waals surface area contributed by atoms with Crippen molar-refractivity contribution < 1.29 is 0 Å². The second kappa shape index (κ2) is 5.83. The molecule has 3 rings (SSSR count). The first kappa shape index (κ1) is 13.4. The number of nitrogens with two attached hydrogens (primary N) is 1. The van der Waals surface area contributed by atoms with Gasteiger partial charge in [-0.2, -0.15) is 5.10 Å². The molecule has 1 aromatic heterocycles. The van der Waals surface area contributed by atoms with Crippen LogP contribution in [0.25, 0.3) is 16.9 Å². The lowest BCUT2D eigenvalue weighted by Gasteiger charge is -2.03. The summed E-state index contributed by atoms with van der Waals surface area (Å²) in [6.45, 7) is 2.19. The number of hydrogen-bond donors (Lipinski definition) is 1. The minimum Gasteiger partial charge on any atom is -0.384 e. The van der Waals surface area contributed by atoms with E-state index in [2.05, 4.69) is 36.3 Å². The number of hydrogen-bond acceptors (Lipinski definition) is 2. The summed E-state index contributed by atoms with van der Waals surface area (Å²) in [7, 11) is 0. The van der Waals surface area contributed by atoms with Crippen molar-refractivity contribution in [1.82, 2.24) is 9.78 Å². The average molecular weight is 277 g/mol. The largest absolute Gasteiger partial charge is 0.384 e. The van der Waals surface area contributed by atoms with Gasteiger partial charge in [0.1, 0.15) is 5.82 Å². The van der Waals surface area contributed by atoms with Crippen LogP contribution < -0.4 is 5.73 Å².